The molecule has 3 N–H and O–H groups in total. The van der Waals surface area contributed by atoms with Crippen LogP contribution in [0.2, 0.25) is 0 Å². The van der Waals surface area contributed by atoms with Gasteiger partial charge in [0, 0.05) is 12.6 Å². The zero-order valence-electron chi connectivity index (χ0n) is 10.2. The fourth-order valence-electron chi connectivity index (χ4n) is 1.95. The summed E-state index contributed by atoms with van der Waals surface area (Å²) in [5.74, 6) is -0.0900. The monoisotopic (exact) mass is 270 g/mol. The fourth-order valence-corrected chi connectivity index (χ4v) is 1.95. The first-order chi connectivity index (χ1) is 8.24. The van der Waals surface area contributed by atoms with Gasteiger partial charge in [0.05, 0.1) is 6.61 Å². The maximum atomic E-state index is 12.2. The normalized spacial score (nSPS) is 15.7. The van der Waals surface area contributed by atoms with Crippen LogP contribution in [-0.4, -0.2) is 35.1 Å². The van der Waals surface area contributed by atoms with Gasteiger partial charge in [-0.1, -0.05) is 30.3 Å². The standard InChI is InChI=1S/C13H18N2O2.ClH/c14-12(10-4-2-1-3-5-10)13(17)15(8-9-16)11-6-7-11;/h1-5,11-12,16H,6-9,14H2;1H. The molecule has 1 amide bonds. The summed E-state index contributed by atoms with van der Waals surface area (Å²) in [4.78, 5) is 13.9. The number of nitrogens with two attached hydrogens (primary N) is 1. The number of hydrogen-bond acceptors (Lipinski definition) is 3. The van der Waals surface area contributed by atoms with E-state index >= 15 is 0 Å². The first kappa shape index (κ1) is 15.0. The van der Waals surface area contributed by atoms with Crippen molar-refractivity contribution in [2.75, 3.05) is 13.2 Å². The number of hydrogen-bond donors (Lipinski definition) is 2. The Balaban J connectivity index is 0.00000162. The zero-order valence-corrected chi connectivity index (χ0v) is 11.0. The second-order valence-electron chi connectivity index (χ2n) is 4.37. The Kier molecular flexibility index (Phi) is 5.59. The van der Waals surface area contributed by atoms with Crippen molar-refractivity contribution in [3.63, 3.8) is 0 Å². The molecule has 0 bridgehead atoms. The number of nitrogens with zero attached hydrogens (tertiary/aromatic N) is 1. The van der Waals surface area contributed by atoms with Crippen LogP contribution in [-0.2, 0) is 4.79 Å². The zero-order chi connectivity index (χ0) is 12.3. The molecule has 1 fully saturated rings. The minimum absolute atomic E-state index is 0. The minimum Gasteiger partial charge on any atom is -0.395 e. The van der Waals surface area contributed by atoms with Crippen molar-refractivity contribution in [2.24, 2.45) is 5.73 Å². The maximum absolute atomic E-state index is 12.2. The van der Waals surface area contributed by atoms with Crippen LogP contribution in [0.25, 0.3) is 0 Å². The molecule has 0 aromatic heterocycles. The number of amides is 1. The highest BCUT2D eigenvalue weighted by atomic mass is 35.5. The van der Waals surface area contributed by atoms with Crippen LogP contribution in [0.3, 0.4) is 0 Å². The molecular formula is C13H19ClN2O2. The molecule has 2 rings (SSSR count). The third-order valence-electron chi connectivity index (χ3n) is 3.04. The number of carbonyl (C=O) groups excluding carboxylic acids is 1. The maximum Gasteiger partial charge on any atom is 0.244 e. The Labute approximate surface area is 113 Å². The van der Waals surface area contributed by atoms with E-state index in [4.69, 9.17) is 10.8 Å². The van der Waals surface area contributed by atoms with E-state index in [-0.39, 0.29) is 31.0 Å². The average Bonchev–Trinajstić information content (AvgIpc) is 3.19. The van der Waals surface area contributed by atoms with E-state index in [0.717, 1.165) is 18.4 Å². The Morgan fingerprint density at radius 3 is 2.50 bits per heavy atom. The summed E-state index contributed by atoms with van der Waals surface area (Å²) < 4.78 is 0. The minimum atomic E-state index is -0.622. The first-order valence-corrected chi connectivity index (χ1v) is 5.96. The van der Waals surface area contributed by atoms with Crippen molar-refractivity contribution in [3.05, 3.63) is 35.9 Å². The highest BCUT2D eigenvalue weighted by Crippen LogP contribution is 2.28. The van der Waals surface area contributed by atoms with E-state index in [1.54, 1.807) is 4.90 Å². The lowest BCUT2D eigenvalue weighted by Crippen LogP contribution is -2.41. The molecule has 0 spiro atoms. The highest BCUT2D eigenvalue weighted by Gasteiger charge is 2.34. The Morgan fingerprint density at radius 1 is 1.39 bits per heavy atom. The largest absolute Gasteiger partial charge is 0.395 e. The molecular weight excluding hydrogens is 252 g/mol. The van der Waals surface area contributed by atoms with Gasteiger partial charge >= 0.3 is 0 Å². The van der Waals surface area contributed by atoms with Crippen molar-refractivity contribution in [1.82, 2.24) is 4.90 Å². The number of carbonyl (C=O) groups is 1. The SMILES string of the molecule is Cl.NC(C(=O)N(CCO)C1CC1)c1ccccc1. The van der Waals surface area contributed by atoms with Crippen molar-refractivity contribution < 1.29 is 9.90 Å². The number of benzene rings is 1. The molecule has 1 aliphatic carbocycles. The van der Waals surface area contributed by atoms with E-state index in [1.807, 2.05) is 30.3 Å². The Hall–Kier alpha value is -1.10. The molecule has 0 saturated heterocycles. The molecule has 1 aliphatic rings. The molecule has 1 aromatic carbocycles. The molecule has 5 heteroatoms. The smallest absolute Gasteiger partial charge is 0.244 e. The summed E-state index contributed by atoms with van der Waals surface area (Å²) in [6.45, 7) is 0.369. The van der Waals surface area contributed by atoms with Gasteiger partial charge in [-0.3, -0.25) is 4.79 Å². The third-order valence-corrected chi connectivity index (χ3v) is 3.04. The van der Waals surface area contributed by atoms with Crippen LogP contribution >= 0.6 is 12.4 Å². The van der Waals surface area contributed by atoms with Crippen LogP contribution in [0.15, 0.2) is 30.3 Å². The van der Waals surface area contributed by atoms with E-state index in [0.29, 0.717) is 6.54 Å². The van der Waals surface area contributed by atoms with E-state index < -0.39 is 6.04 Å². The van der Waals surface area contributed by atoms with Crippen molar-refractivity contribution in [1.29, 1.82) is 0 Å². The van der Waals surface area contributed by atoms with Gasteiger partial charge in [0.25, 0.3) is 0 Å². The average molecular weight is 271 g/mol. The number of aliphatic hydroxyl groups is 1. The quantitative estimate of drug-likeness (QED) is 0.842. The van der Waals surface area contributed by atoms with Gasteiger partial charge in [-0.2, -0.15) is 0 Å². The molecule has 18 heavy (non-hydrogen) atoms. The van der Waals surface area contributed by atoms with Crippen molar-refractivity contribution in [3.8, 4) is 0 Å². The van der Waals surface area contributed by atoms with Crippen LogP contribution in [0.1, 0.15) is 24.4 Å². The molecule has 1 atom stereocenters. The number of halogens is 1. The number of rotatable bonds is 5. The van der Waals surface area contributed by atoms with Crippen molar-refractivity contribution >= 4 is 18.3 Å². The lowest BCUT2D eigenvalue weighted by atomic mass is 10.1. The van der Waals surface area contributed by atoms with Crippen LogP contribution in [0.5, 0.6) is 0 Å². The molecule has 0 heterocycles. The topological polar surface area (TPSA) is 66.6 Å². The molecule has 0 radical (unpaired) electrons. The molecule has 100 valence electrons. The van der Waals surface area contributed by atoms with E-state index in [2.05, 4.69) is 0 Å². The van der Waals surface area contributed by atoms with Crippen molar-refractivity contribution in [2.45, 2.75) is 24.9 Å². The van der Waals surface area contributed by atoms with Crippen LogP contribution in [0.4, 0.5) is 0 Å². The summed E-state index contributed by atoms with van der Waals surface area (Å²) in [7, 11) is 0. The first-order valence-electron chi connectivity index (χ1n) is 5.96. The van der Waals surface area contributed by atoms with Gasteiger partial charge in [-0.05, 0) is 18.4 Å². The second kappa shape index (κ2) is 6.73. The highest BCUT2D eigenvalue weighted by molar-refractivity contribution is 5.85. The predicted octanol–water partition coefficient (Wildman–Crippen LogP) is 1.09. The van der Waals surface area contributed by atoms with E-state index in [1.165, 1.54) is 0 Å². The van der Waals surface area contributed by atoms with E-state index in [9.17, 15) is 4.79 Å². The third kappa shape index (κ3) is 3.45. The van der Waals surface area contributed by atoms with Gasteiger partial charge in [0.1, 0.15) is 6.04 Å². The lowest BCUT2D eigenvalue weighted by Gasteiger charge is -2.25. The van der Waals surface area contributed by atoms with Gasteiger partial charge in [0.15, 0.2) is 0 Å². The molecule has 1 aromatic rings. The van der Waals surface area contributed by atoms with Gasteiger partial charge in [-0.25, -0.2) is 0 Å². The summed E-state index contributed by atoms with van der Waals surface area (Å²) >= 11 is 0. The van der Waals surface area contributed by atoms with Gasteiger partial charge in [0.2, 0.25) is 5.91 Å². The van der Waals surface area contributed by atoms with Gasteiger partial charge in [-0.15, -0.1) is 12.4 Å². The second-order valence-corrected chi connectivity index (χ2v) is 4.37. The molecule has 4 nitrogen and oxygen atoms in total. The Bertz CT molecular complexity index is 382. The van der Waals surface area contributed by atoms with Crippen LogP contribution in [0, 0.1) is 0 Å². The number of aliphatic hydroxyl groups excluding tert-OH is 1. The predicted molar refractivity (Wildman–Crippen MR) is 72.4 cm³/mol. The molecule has 1 saturated carbocycles. The molecule has 1 unspecified atom stereocenters. The molecule has 0 aliphatic heterocycles. The van der Waals surface area contributed by atoms with Gasteiger partial charge < -0.3 is 15.7 Å². The summed E-state index contributed by atoms with van der Waals surface area (Å²) in [5.41, 5.74) is 6.78. The lowest BCUT2D eigenvalue weighted by molar-refractivity contribution is -0.133. The summed E-state index contributed by atoms with van der Waals surface area (Å²) in [6.07, 6.45) is 2.04. The summed E-state index contributed by atoms with van der Waals surface area (Å²) in [6, 6.07) is 9.01. The summed E-state index contributed by atoms with van der Waals surface area (Å²) in [5, 5.41) is 8.98. The van der Waals surface area contributed by atoms with Crippen LogP contribution < -0.4 is 5.73 Å². The Morgan fingerprint density at radius 2 is 2.00 bits per heavy atom. The fraction of sp³-hybridized carbons (Fsp3) is 0.462.